The Morgan fingerprint density at radius 2 is 1.75 bits per heavy atom. The van der Waals surface area contributed by atoms with Crippen LogP contribution in [0.15, 0.2) is 32.8 Å². The molecule has 0 spiro atoms. The summed E-state index contributed by atoms with van der Waals surface area (Å²) in [6.07, 6.45) is 0. The Kier molecular flexibility index (Phi) is 5.16. The van der Waals surface area contributed by atoms with Gasteiger partial charge in [-0.1, -0.05) is 23.4 Å². The van der Waals surface area contributed by atoms with Gasteiger partial charge in [-0.25, -0.2) is 9.78 Å². The van der Waals surface area contributed by atoms with Gasteiger partial charge in [0.15, 0.2) is 5.78 Å². The van der Waals surface area contributed by atoms with Crippen LogP contribution in [-0.4, -0.2) is 25.7 Å². The fraction of sp³-hybridized carbons (Fsp3) is 0.300. The zero-order valence-electron chi connectivity index (χ0n) is 16.5. The van der Waals surface area contributed by atoms with Crippen molar-refractivity contribution in [3.8, 4) is 0 Å². The quantitative estimate of drug-likeness (QED) is 0.534. The minimum absolute atomic E-state index is 0.000495. The SMILES string of the molecule is Cc1cc(C)c2nc(SCC(=O)c3c(N)n(C)c(=O)n(C)c3=O)cc(C)c2c1. The number of Topliss-reactive ketones (excluding diaryl/α,β-unsaturated/α-hetero) is 1. The van der Waals surface area contributed by atoms with Crippen molar-refractivity contribution in [1.29, 1.82) is 0 Å². The molecule has 146 valence electrons. The first-order valence-corrected chi connectivity index (χ1v) is 9.70. The summed E-state index contributed by atoms with van der Waals surface area (Å²) in [5.74, 6) is -0.549. The number of nitrogens with two attached hydrogens (primary N) is 1. The zero-order valence-corrected chi connectivity index (χ0v) is 17.3. The number of pyridine rings is 1. The molecule has 0 amide bonds. The van der Waals surface area contributed by atoms with Crippen molar-refractivity contribution < 1.29 is 4.79 Å². The standard InChI is InChI=1S/C20H22N4O3S/c1-10-6-12(3)17-13(7-10)11(2)8-15(22-17)28-9-14(25)16-18(21)23(4)20(27)24(5)19(16)26/h6-8H,9,21H2,1-5H3. The highest BCUT2D eigenvalue weighted by Crippen LogP contribution is 2.27. The number of benzene rings is 1. The molecular formula is C20H22N4O3S. The summed E-state index contributed by atoms with van der Waals surface area (Å²) in [4.78, 5) is 41.6. The summed E-state index contributed by atoms with van der Waals surface area (Å²) in [6.45, 7) is 6.07. The van der Waals surface area contributed by atoms with Crippen LogP contribution in [0.1, 0.15) is 27.0 Å². The van der Waals surface area contributed by atoms with Gasteiger partial charge in [-0.2, -0.15) is 0 Å². The van der Waals surface area contributed by atoms with E-state index in [1.165, 1.54) is 31.4 Å². The van der Waals surface area contributed by atoms with Gasteiger partial charge < -0.3 is 5.73 Å². The Morgan fingerprint density at radius 1 is 1.07 bits per heavy atom. The van der Waals surface area contributed by atoms with E-state index in [1.54, 1.807) is 0 Å². The fourth-order valence-corrected chi connectivity index (χ4v) is 4.06. The van der Waals surface area contributed by atoms with E-state index in [2.05, 4.69) is 17.1 Å². The largest absolute Gasteiger partial charge is 0.384 e. The van der Waals surface area contributed by atoms with E-state index in [0.29, 0.717) is 5.03 Å². The number of nitrogens with zero attached hydrogens (tertiary/aromatic N) is 3. The minimum atomic E-state index is -0.680. The third-order valence-corrected chi connectivity index (χ3v) is 5.68. The summed E-state index contributed by atoms with van der Waals surface area (Å²) < 4.78 is 1.99. The second-order valence-corrected chi connectivity index (χ2v) is 7.93. The first-order valence-electron chi connectivity index (χ1n) is 8.72. The van der Waals surface area contributed by atoms with Crippen LogP contribution in [0, 0.1) is 20.8 Å². The van der Waals surface area contributed by atoms with E-state index in [9.17, 15) is 14.4 Å². The highest BCUT2D eigenvalue weighted by atomic mass is 32.2. The lowest BCUT2D eigenvalue weighted by atomic mass is 10.0. The fourth-order valence-electron chi connectivity index (χ4n) is 3.22. The van der Waals surface area contributed by atoms with Crippen LogP contribution in [0.25, 0.3) is 10.9 Å². The van der Waals surface area contributed by atoms with Crippen LogP contribution in [0.2, 0.25) is 0 Å². The second-order valence-electron chi connectivity index (χ2n) is 6.93. The Morgan fingerprint density at radius 3 is 2.43 bits per heavy atom. The molecule has 3 aromatic rings. The van der Waals surface area contributed by atoms with Crippen molar-refractivity contribution in [2.45, 2.75) is 25.8 Å². The second kappa shape index (κ2) is 7.27. The topological polar surface area (TPSA) is 100.0 Å². The minimum Gasteiger partial charge on any atom is -0.384 e. The number of aryl methyl sites for hydroxylation is 3. The number of thioether (sulfide) groups is 1. The van der Waals surface area contributed by atoms with Crippen molar-refractivity contribution in [2.75, 3.05) is 11.5 Å². The van der Waals surface area contributed by atoms with Gasteiger partial charge in [-0.15, -0.1) is 0 Å². The average molecular weight is 398 g/mol. The first-order chi connectivity index (χ1) is 13.1. The lowest BCUT2D eigenvalue weighted by molar-refractivity contribution is 0.102. The van der Waals surface area contributed by atoms with Gasteiger partial charge in [0, 0.05) is 19.5 Å². The van der Waals surface area contributed by atoms with Gasteiger partial charge in [-0.05, 0) is 44.0 Å². The number of anilines is 1. The molecule has 2 aromatic heterocycles. The summed E-state index contributed by atoms with van der Waals surface area (Å²) in [7, 11) is 2.76. The molecule has 2 heterocycles. The van der Waals surface area contributed by atoms with Gasteiger partial charge in [0.05, 0.1) is 16.3 Å². The van der Waals surface area contributed by atoms with Crippen LogP contribution in [-0.2, 0) is 14.1 Å². The number of hydrogen-bond acceptors (Lipinski definition) is 6. The highest BCUT2D eigenvalue weighted by molar-refractivity contribution is 7.99. The molecule has 28 heavy (non-hydrogen) atoms. The number of carbonyl (C=O) groups excluding carboxylic acids is 1. The molecule has 2 N–H and O–H groups in total. The molecule has 0 unspecified atom stereocenters. The van der Waals surface area contributed by atoms with Crippen LogP contribution in [0.5, 0.6) is 0 Å². The summed E-state index contributed by atoms with van der Waals surface area (Å²) in [5, 5.41) is 1.79. The predicted molar refractivity (Wildman–Crippen MR) is 112 cm³/mol. The van der Waals surface area contributed by atoms with Gasteiger partial charge in [0.1, 0.15) is 11.4 Å². The molecular weight excluding hydrogens is 376 g/mol. The molecule has 7 nitrogen and oxygen atoms in total. The normalized spacial score (nSPS) is 11.2. The smallest absolute Gasteiger partial charge is 0.332 e. The molecule has 0 aliphatic rings. The van der Waals surface area contributed by atoms with Crippen LogP contribution in [0.4, 0.5) is 5.82 Å². The van der Waals surface area contributed by atoms with Crippen molar-refractivity contribution in [3.63, 3.8) is 0 Å². The van der Waals surface area contributed by atoms with Gasteiger partial charge in [0.25, 0.3) is 5.56 Å². The van der Waals surface area contributed by atoms with E-state index in [0.717, 1.165) is 31.2 Å². The maximum Gasteiger partial charge on any atom is 0.332 e. The predicted octanol–water partition coefficient (Wildman–Crippen LogP) is 2.11. The molecule has 0 fully saturated rings. The van der Waals surface area contributed by atoms with Gasteiger partial charge in [0.2, 0.25) is 0 Å². The molecule has 3 rings (SSSR count). The molecule has 1 aromatic carbocycles. The van der Waals surface area contributed by atoms with E-state index < -0.39 is 17.0 Å². The first kappa shape index (κ1) is 19.9. The average Bonchev–Trinajstić information content (AvgIpc) is 2.64. The number of nitrogen functional groups attached to an aromatic ring is 1. The number of rotatable bonds is 4. The summed E-state index contributed by atoms with van der Waals surface area (Å²) >= 11 is 1.25. The molecule has 8 heteroatoms. The molecule has 0 aliphatic carbocycles. The van der Waals surface area contributed by atoms with Crippen molar-refractivity contribution in [3.05, 3.63) is 61.3 Å². The third-order valence-electron chi connectivity index (χ3n) is 4.77. The highest BCUT2D eigenvalue weighted by Gasteiger charge is 2.20. The lowest BCUT2D eigenvalue weighted by Gasteiger charge is -2.11. The Balaban J connectivity index is 1.94. The Labute approximate surface area is 166 Å². The molecule has 0 atom stereocenters. The van der Waals surface area contributed by atoms with Crippen LogP contribution < -0.4 is 17.0 Å². The molecule has 0 saturated heterocycles. The molecule has 0 bridgehead atoms. The number of aromatic nitrogens is 3. The van der Waals surface area contributed by atoms with Crippen molar-refractivity contribution in [2.24, 2.45) is 14.1 Å². The van der Waals surface area contributed by atoms with E-state index in [-0.39, 0.29) is 17.1 Å². The number of carbonyl (C=O) groups is 1. The lowest BCUT2D eigenvalue weighted by Crippen LogP contribution is -2.41. The molecule has 0 radical (unpaired) electrons. The van der Waals surface area contributed by atoms with Crippen molar-refractivity contribution >= 4 is 34.3 Å². The summed E-state index contributed by atoms with van der Waals surface area (Å²) in [5.41, 5.74) is 8.67. The van der Waals surface area contributed by atoms with E-state index in [4.69, 9.17) is 5.73 Å². The van der Waals surface area contributed by atoms with Crippen LogP contribution in [0.3, 0.4) is 0 Å². The molecule has 0 saturated carbocycles. The number of hydrogen-bond donors (Lipinski definition) is 1. The summed E-state index contributed by atoms with van der Waals surface area (Å²) in [6, 6.07) is 6.10. The Hall–Kier alpha value is -2.87. The maximum absolute atomic E-state index is 12.7. The van der Waals surface area contributed by atoms with E-state index >= 15 is 0 Å². The monoisotopic (exact) mass is 398 g/mol. The maximum atomic E-state index is 12.7. The van der Waals surface area contributed by atoms with Crippen molar-refractivity contribution in [1.82, 2.24) is 14.1 Å². The van der Waals surface area contributed by atoms with E-state index in [1.807, 2.05) is 26.8 Å². The van der Waals surface area contributed by atoms with Crippen LogP contribution >= 0.6 is 11.8 Å². The zero-order chi connectivity index (χ0) is 20.7. The number of fused-ring (bicyclic) bond motifs is 1. The van der Waals surface area contributed by atoms with Gasteiger partial charge in [-0.3, -0.25) is 18.7 Å². The Bertz CT molecular complexity index is 1240. The third kappa shape index (κ3) is 3.35. The molecule has 0 aliphatic heterocycles. The van der Waals surface area contributed by atoms with Gasteiger partial charge >= 0.3 is 5.69 Å². The number of ketones is 1.